The average molecular weight is 386 g/mol. The number of hydrogen-bond acceptors (Lipinski definition) is 4. The zero-order valence-electron chi connectivity index (χ0n) is 16.8. The molecule has 0 bridgehead atoms. The molecule has 1 aromatic heterocycles. The number of methoxy groups -OCH3 is 1. The third-order valence-electron chi connectivity index (χ3n) is 5.34. The summed E-state index contributed by atoms with van der Waals surface area (Å²) in [6.07, 6.45) is 8.53. The third kappa shape index (κ3) is 4.66. The van der Waals surface area contributed by atoms with E-state index in [1.165, 1.54) is 6.42 Å². The molecule has 1 amide bonds. The maximum Gasteiger partial charge on any atom is 0.261 e. The lowest BCUT2D eigenvalue weighted by molar-refractivity contribution is 0.0926. The monoisotopic (exact) mass is 386 g/mol. The number of ether oxygens (including phenoxy) is 2. The molecule has 0 atom stereocenters. The lowest BCUT2D eigenvalue weighted by Crippen LogP contribution is -2.38. The van der Waals surface area contributed by atoms with Crippen LogP contribution < -0.4 is 20.3 Å². The first kappa shape index (κ1) is 20.2. The van der Waals surface area contributed by atoms with Crippen LogP contribution in [-0.2, 0) is 0 Å². The van der Waals surface area contributed by atoms with Crippen LogP contribution in [0.3, 0.4) is 0 Å². The first-order valence-electron chi connectivity index (χ1n) is 10.3. The molecular formula is C22H30N2O4. The number of amides is 1. The summed E-state index contributed by atoms with van der Waals surface area (Å²) in [5, 5.41) is 3.76. The van der Waals surface area contributed by atoms with Crippen molar-refractivity contribution in [3.05, 3.63) is 34.1 Å². The summed E-state index contributed by atoms with van der Waals surface area (Å²) in [4.78, 5) is 28.1. The average Bonchev–Trinajstić information content (AvgIpc) is 2.71. The molecule has 0 spiro atoms. The van der Waals surface area contributed by atoms with E-state index in [1.807, 2.05) is 6.07 Å². The molecule has 1 aromatic carbocycles. The van der Waals surface area contributed by atoms with Gasteiger partial charge in [-0.2, -0.15) is 0 Å². The van der Waals surface area contributed by atoms with Gasteiger partial charge in [0.25, 0.3) is 11.5 Å². The lowest BCUT2D eigenvalue weighted by Gasteiger charge is -2.22. The number of benzene rings is 1. The van der Waals surface area contributed by atoms with Crippen molar-refractivity contribution in [2.24, 2.45) is 0 Å². The minimum atomic E-state index is -0.410. The van der Waals surface area contributed by atoms with Crippen LogP contribution in [0.1, 0.15) is 68.6 Å². The topological polar surface area (TPSA) is 80.4 Å². The molecule has 2 N–H and O–H groups in total. The van der Waals surface area contributed by atoms with Crippen LogP contribution in [0, 0.1) is 0 Å². The number of carbonyl (C=O) groups excluding carboxylic acids is 1. The molecule has 2 aromatic rings. The lowest BCUT2D eigenvalue weighted by atomic mass is 9.95. The van der Waals surface area contributed by atoms with E-state index < -0.39 is 5.56 Å². The van der Waals surface area contributed by atoms with E-state index in [0.29, 0.717) is 23.6 Å². The van der Waals surface area contributed by atoms with E-state index >= 15 is 0 Å². The number of nitrogens with one attached hydrogen (secondary N) is 2. The van der Waals surface area contributed by atoms with Crippen LogP contribution >= 0.6 is 0 Å². The molecule has 6 nitrogen and oxygen atoms in total. The van der Waals surface area contributed by atoms with Gasteiger partial charge < -0.3 is 19.8 Å². The van der Waals surface area contributed by atoms with Crippen LogP contribution in [0.2, 0.25) is 0 Å². The number of hydrogen-bond donors (Lipinski definition) is 2. The maximum absolute atomic E-state index is 12.6. The minimum Gasteiger partial charge on any atom is -0.493 e. The first-order valence-corrected chi connectivity index (χ1v) is 10.3. The smallest absolute Gasteiger partial charge is 0.261 e. The van der Waals surface area contributed by atoms with Crippen molar-refractivity contribution in [3.8, 4) is 11.5 Å². The molecule has 0 unspecified atom stereocenters. The van der Waals surface area contributed by atoms with E-state index in [1.54, 1.807) is 19.2 Å². The number of rotatable bonds is 8. The van der Waals surface area contributed by atoms with Gasteiger partial charge in [0.1, 0.15) is 5.56 Å². The van der Waals surface area contributed by atoms with Gasteiger partial charge in [-0.1, -0.05) is 39.0 Å². The fourth-order valence-corrected chi connectivity index (χ4v) is 3.74. The van der Waals surface area contributed by atoms with Crippen molar-refractivity contribution >= 4 is 16.8 Å². The van der Waals surface area contributed by atoms with Crippen LogP contribution in [0.15, 0.2) is 23.0 Å². The summed E-state index contributed by atoms with van der Waals surface area (Å²) in [6.45, 7) is 2.69. The van der Waals surface area contributed by atoms with E-state index in [-0.39, 0.29) is 17.5 Å². The third-order valence-corrected chi connectivity index (χ3v) is 5.34. The molecule has 0 radical (unpaired) electrons. The molecule has 1 heterocycles. The Morgan fingerprint density at radius 3 is 2.71 bits per heavy atom. The second-order valence-electron chi connectivity index (χ2n) is 7.44. The van der Waals surface area contributed by atoms with Crippen molar-refractivity contribution in [1.82, 2.24) is 10.3 Å². The van der Waals surface area contributed by atoms with Crippen molar-refractivity contribution in [3.63, 3.8) is 0 Å². The van der Waals surface area contributed by atoms with Crippen LogP contribution in [0.4, 0.5) is 0 Å². The van der Waals surface area contributed by atoms with Gasteiger partial charge in [0.15, 0.2) is 11.5 Å². The number of H-pyrrole nitrogens is 1. The molecule has 1 aliphatic rings. The molecule has 0 saturated heterocycles. The van der Waals surface area contributed by atoms with Gasteiger partial charge in [-0.15, -0.1) is 0 Å². The van der Waals surface area contributed by atoms with Gasteiger partial charge in [0.2, 0.25) is 0 Å². The molecule has 1 saturated carbocycles. The summed E-state index contributed by atoms with van der Waals surface area (Å²) >= 11 is 0. The predicted octanol–water partition coefficient (Wildman–Crippen LogP) is 4.17. The number of aromatic amines is 1. The largest absolute Gasteiger partial charge is 0.493 e. The SMILES string of the molecule is CCCCCOc1c(OC)ccc2cc(C(=O)NC3CCCCC3)c(=O)[nH]c12. The van der Waals surface area contributed by atoms with Gasteiger partial charge in [-0.05, 0) is 37.5 Å². The van der Waals surface area contributed by atoms with Crippen molar-refractivity contribution in [2.75, 3.05) is 13.7 Å². The zero-order chi connectivity index (χ0) is 19.9. The molecular weight excluding hydrogens is 356 g/mol. The van der Waals surface area contributed by atoms with Crippen molar-refractivity contribution < 1.29 is 14.3 Å². The molecule has 6 heteroatoms. The Hall–Kier alpha value is -2.50. The number of pyridine rings is 1. The van der Waals surface area contributed by atoms with E-state index in [9.17, 15) is 9.59 Å². The molecule has 1 fully saturated rings. The van der Waals surface area contributed by atoms with E-state index in [0.717, 1.165) is 50.3 Å². The summed E-state index contributed by atoms with van der Waals surface area (Å²) in [6, 6.07) is 5.44. The molecule has 152 valence electrons. The van der Waals surface area contributed by atoms with Gasteiger partial charge in [-0.3, -0.25) is 9.59 Å². The van der Waals surface area contributed by atoms with Gasteiger partial charge >= 0.3 is 0 Å². The molecule has 1 aliphatic carbocycles. The molecule has 0 aliphatic heterocycles. The Morgan fingerprint density at radius 1 is 1.21 bits per heavy atom. The Kier molecular flexibility index (Phi) is 6.95. The normalized spacial score (nSPS) is 14.8. The standard InChI is InChI=1S/C22H30N2O4/c1-3-4-8-13-28-20-18(27-2)12-11-15-14-17(22(26)24-19(15)20)21(25)23-16-9-6-5-7-10-16/h11-12,14,16H,3-10,13H2,1-2H3,(H,23,25)(H,24,26). The second-order valence-corrected chi connectivity index (χ2v) is 7.44. The highest BCUT2D eigenvalue weighted by Gasteiger charge is 2.20. The number of fused-ring (bicyclic) bond motifs is 1. The second kappa shape index (κ2) is 9.62. The highest BCUT2D eigenvalue weighted by atomic mass is 16.5. The Bertz CT molecular complexity index is 869. The highest BCUT2D eigenvalue weighted by Crippen LogP contribution is 2.34. The van der Waals surface area contributed by atoms with Gasteiger partial charge in [0.05, 0.1) is 19.2 Å². The number of unbranched alkanes of at least 4 members (excludes halogenated alkanes) is 2. The quantitative estimate of drug-likeness (QED) is 0.667. The maximum atomic E-state index is 12.6. The van der Waals surface area contributed by atoms with Crippen LogP contribution in [-0.4, -0.2) is 30.6 Å². The molecule has 3 rings (SSSR count). The minimum absolute atomic E-state index is 0.139. The van der Waals surface area contributed by atoms with E-state index in [4.69, 9.17) is 9.47 Å². The Morgan fingerprint density at radius 2 is 2.00 bits per heavy atom. The van der Waals surface area contributed by atoms with Crippen LogP contribution in [0.5, 0.6) is 11.5 Å². The van der Waals surface area contributed by atoms with Gasteiger partial charge in [0, 0.05) is 11.4 Å². The fraction of sp³-hybridized carbons (Fsp3) is 0.545. The Balaban J connectivity index is 1.87. The zero-order valence-corrected chi connectivity index (χ0v) is 16.8. The Labute approximate surface area is 165 Å². The first-order chi connectivity index (χ1) is 13.6. The van der Waals surface area contributed by atoms with Crippen molar-refractivity contribution in [1.29, 1.82) is 0 Å². The summed E-state index contributed by atoms with van der Waals surface area (Å²) in [5.41, 5.74) is 0.294. The van der Waals surface area contributed by atoms with Gasteiger partial charge in [-0.25, -0.2) is 0 Å². The highest BCUT2D eigenvalue weighted by molar-refractivity contribution is 5.98. The summed E-state index contributed by atoms with van der Waals surface area (Å²) in [7, 11) is 1.57. The number of carbonyl (C=O) groups is 1. The number of aromatic nitrogens is 1. The predicted molar refractivity (Wildman–Crippen MR) is 110 cm³/mol. The van der Waals surface area contributed by atoms with Crippen LogP contribution in [0.25, 0.3) is 10.9 Å². The molecule has 28 heavy (non-hydrogen) atoms. The fourth-order valence-electron chi connectivity index (χ4n) is 3.74. The van der Waals surface area contributed by atoms with E-state index in [2.05, 4.69) is 17.2 Å². The summed E-state index contributed by atoms with van der Waals surface area (Å²) in [5.74, 6) is 0.780. The van der Waals surface area contributed by atoms with Crippen molar-refractivity contribution in [2.45, 2.75) is 64.3 Å². The summed E-state index contributed by atoms with van der Waals surface area (Å²) < 4.78 is 11.3.